The van der Waals surface area contributed by atoms with Gasteiger partial charge in [0.25, 0.3) is 0 Å². The molecule has 0 amide bonds. The Morgan fingerprint density at radius 3 is 2.23 bits per heavy atom. The van der Waals surface area contributed by atoms with E-state index in [2.05, 4.69) is 9.79 Å². The molecule has 0 spiro atoms. The maximum Gasteiger partial charge on any atom is 0.339 e. The van der Waals surface area contributed by atoms with Gasteiger partial charge in [0.15, 0.2) is 0 Å². The molecule has 22 heavy (non-hydrogen) atoms. The molecule has 0 bridgehead atoms. The SMILES string of the molecule is O=S(=O)(Cc1ccccc1)c1no[n+]([O-])c1-c1ccccc1. The van der Waals surface area contributed by atoms with Crippen LogP contribution >= 0.6 is 0 Å². The maximum atomic E-state index is 12.5. The zero-order valence-electron chi connectivity index (χ0n) is 11.4. The molecule has 112 valence electrons. The maximum absolute atomic E-state index is 12.5. The topological polar surface area (TPSA) is 87.1 Å². The Morgan fingerprint density at radius 1 is 1.00 bits per heavy atom. The van der Waals surface area contributed by atoms with Gasteiger partial charge >= 0.3 is 5.03 Å². The molecule has 3 aromatic rings. The fourth-order valence-electron chi connectivity index (χ4n) is 2.13. The summed E-state index contributed by atoms with van der Waals surface area (Å²) >= 11 is 0. The minimum atomic E-state index is -3.80. The van der Waals surface area contributed by atoms with E-state index in [4.69, 9.17) is 0 Å². The van der Waals surface area contributed by atoms with Crippen LogP contribution in [0.25, 0.3) is 11.3 Å². The van der Waals surface area contributed by atoms with Crippen LogP contribution in [0.1, 0.15) is 5.56 Å². The van der Waals surface area contributed by atoms with Crippen molar-refractivity contribution in [2.24, 2.45) is 0 Å². The van der Waals surface area contributed by atoms with Gasteiger partial charge in [0.05, 0.1) is 10.9 Å². The lowest BCUT2D eigenvalue weighted by Gasteiger charge is -2.01. The minimum absolute atomic E-state index is 0.100. The number of hydrogen-bond donors (Lipinski definition) is 0. The molecule has 0 aliphatic rings. The van der Waals surface area contributed by atoms with Gasteiger partial charge in [0.2, 0.25) is 15.5 Å². The third-order valence-electron chi connectivity index (χ3n) is 3.12. The standard InChI is InChI=1S/C15H12N2O4S/c18-17-14(13-9-5-2-6-10-13)15(16-21-17)22(19,20)11-12-7-3-1-4-8-12/h1-10H,11H2. The van der Waals surface area contributed by atoms with E-state index in [-0.39, 0.29) is 21.4 Å². The first-order valence-corrected chi connectivity index (χ1v) is 8.15. The molecular weight excluding hydrogens is 304 g/mol. The lowest BCUT2D eigenvalue weighted by Crippen LogP contribution is -2.26. The summed E-state index contributed by atoms with van der Waals surface area (Å²) in [7, 11) is -3.80. The second-order valence-corrected chi connectivity index (χ2v) is 6.60. The van der Waals surface area contributed by atoms with Gasteiger partial charge < -0.3 is 5.21 Å². The van der Waals surface area contributed by atoms with Gasteiger partial charge in [-0.3, -0.25) is 4.63 Å². The number of aromatic nitrogens is 2. The summed E-state index contributed by atoms with van der Waals surface area (Å²) < 4.78 is 29.6. The molecule has 3 rings (SSSR count). The van der Waals surface area contributed by atoms with Crippen molar-refractivity contribution in [1.29, 1.82) is 0 Å². The number of nitrogens with zero attached hydrogens (tertiary/aromatic N) is 2. The predicted molar refractivity (Wildman–Crippen MR) is 78.2 cm³/mol. The van der Waals surface area contributed by atoms with Crippen molar-refractivity contribution < 1.29 is 17.9 Å². The third-order valence-corrected chi connectivity index (χ3v) is 4.69. The third kappa shape index (κ3) is 2.71. The molecule has 0 aliphatic carbocycles. The lowest BCUT2D eigenvalue weighted by molar-refractivity contribution is -0.793. The first-order valence-electron chi connectivity index (χ1n) is 6.50. The number of benzene rings is 2. The molecule has 0 N–H and O–H groups in total. The van der Waals surface area contributed by atoms with E-state index in [1.54, 1.807) is 60.7 Å². The van der Waals surface area contributed by atoms with Crippen LogP contribution in [-0.2, 0) is 15.6 Å². The van der Waals surface area contributed by atoms with E-state index in [0.717, 1.165) is 0 Å². The highest BCUT2D eigenvalue weighted by atomic mass is 32.2. The number of hydrogen-bond acceptors (Lipinski definition) is 5. The molecule has 0 aliphatic heterocycles. The average molecular weight is 316 g/mol. The Hall–Kier alpha value is -2.67. The van der Waals surface area contributed by atoms with Gasteiger partial charge in [-0.05, 0) is 10.5 Å². The van der Waals surface area contributed by atoms with Crippen LogP contribution in [0.2, 0.25) is 0 Å². The summed E-state index contributed by atoms with van der Waals surface area (Å²) in [6.45, 7) is 0. The van der Waals surface area contributed by atoms with E-state index in [1.807, 2.05) is 0 Å². The van der Waals surface area contributed by atoms with E-state index in [9.17, 15) is 13.6 Å². The first-order chi connectivity index (χ1) is 10.6. The Bertz CT molecular complexity index is 874. The normalized spacial score (nSPS) is 11.5. The van der Waals surface area contributed by atoms with Gasteiger partial charge in [-0.1, -0.05) is 60.7 Å². The van der Waals surface area contributed by atoms with Gasteiger partial charge in [-0.15, -0.1) is 0 Å². The summed E-state index contributed by atoms with van der Waals surface area (Å²) in [4.78, 5) is 0.118. The van der Waals surface area contributed by atoms with Gasteiger partial charge in [-0.2, -0.15) is 0 Å². The highest BCUT2D eigenvalue weighted by Gasteiger charge is 2.33. The van der Waals surface area contributed by atoms with E-state index in [0.29, 0.717) is 11.1 Å². The first kappa shape index (κ1) is 14.3. The molecule has 0 radical (unpaired) electrons. The van der Waals surface area contributed by atoms with Crippen molar-refractivity contribution in [3.8, 4) is 11.3 Å². The number of sulfone groups is 1. The lowest BCUT2D eigenvalue weighted by atomic mass is 10.2. The van der Waals surface area contributed by atoms with Crippen LogP contribution in [0.4, 0.5) is 0 Å². The van der Waals surface area contributed by atoms with Crippen LogP contribution in [0.5, 0.6) is 0 Å². The van der Waals surface area contributed by atoms with Crippen molar-refractivity contribution >= 4 is 9.84 Å². The predicted octanol–water partition coefficient (Wildman–Crippen LogP) is 1.95. The van der Waals surface area contributed by atoms with Gasteiger partial charge in [-0.25, -0.2) is 8.42 Å². The summed E-state index contributed by atoms with van der Waals surface area (Å²) in [5.74, 6) is -0.250. The van der Waals surface area contributed by atoms with Crippen LogP contribution in [0, 0.1) is 5.21 Å². The molecule has 1 aromatic heterocycles. The summed E-state index contributed by atoms with van der Waals surface area (Å²) in [6, 6.07) is 17.1. The van der Waals surface area contributed by atoms with Gasteiger partial charge in [0, 0.05) is 5.56 Å². The Morgan fingerprint density at radius 2 is 1.59 bits per heavy atom. The summed E-state index contributed by atoms with van der Waals surface area (Å²) in [5, 5.41) is 14.9. The molecule has 7 heteroatoms. The second-order valence-electron chi connectivity index (χ2n) is 4.69. The molecule has 0 fully saturated rings. The van der Waals surface area contributed by atoms with Gasteiger partial charge in [0.1, 0.15) is 0 Å². The highest BCUT2D eigenvalue weighted by molar-refractivity contribution is 7.90. The molecule has 0 atom stereocenters. The van der Waals surface area contributed by atoms with E-state index >= 15 is 0 Å². The van der Waals surface area contributed by atoms with Crippen molar-refractivity contribution in [3.63, 3.8) is 0 Å². The highest BCUT2D eigenvalue weighted by Crippen LogP contribution is 2.25. The monoisotopic (exact) mass is 316 g/mol. The number of rotatable bonds is 4. The van der Waals surface area contributed by atoms with E-state index in [1.165, 1.54) is 0 Å². The Balaban J connectivity index is 2.06. The van der Waals surface area contributed by atoms with Crippen LogP contribution in [0.15, 0.2) is 70.3 Å². The van der Waals surface area contributed by atoms with E-state index < -0.39 is 9.84 Å². The zero-order chi connectivity index (χ0) is 15.6. The van der Waals surface area contributed by atoms with Crippen molar-refractivity contribution in [3.05, 3.63) is 71.4 Å². The molecule has 1 heterocycles. The van der Waals surface area contributed by atoms with Crippen LogP contribution in [0.3, 0.4) is 0 Å². The summed E-state index contributed by atoms with van der Waals surface area (Å²) in [6.07, 6.45) is 0. The quantitative estimate of drug-likeness (QED) is 0.687. The van der Waals surface area contributed by atoms with Crippen LogP contribution < -0.4 is 4.90 Å². The van der Waals surface area contributed by atoms with Crippen LogP contribution in [-0.4, -0.2) is 13.6 Å². The molecule has 0 saturated heterocycles. The molecule has 2 aromatic carbocycles. The Kier molecular flexibility index (Phi) is 3.64. The second kappa shape index (κ2) is 5.61. The van der Waals surface area contributed by atoms with Crippen molar-refractivity contribution in [2.45, 2.75) is 10.8 Å². The van der Waals surface area contributed by atoms with Crippen molar-refractivity contribution in [1.82, 2.24) is 5.16 Å². The van der Waals surface area contributed by atoms with Crippen molar-refractivity contribution in [2.75, 3.05) is 0 Å². The fraction of sp³-hybridized carbons (Fsp3) is 0.0667. The smallest absolute Gasteiger partial charge is 0.339 e. The average Bonchev–Trinajstić information content (AvgIpc) is 2.91. The zero-order valence-corrected chi connectivity index (χ0v) is 12.2. The molecular formula is C15H12N2O4S. The Labute approximate surface area is 127 Å². The minimum Gasteiger partial charge on any atom is -0.359 e. The molecule has 6 nitrogen and oxygen atoms in total. The molecule has 0 saturated carbocycles. The summed E-state index contributed by atoms with van der Waals surface area (Å²) in [5.41, 5.74) is 0.948. The molecule has 0 unspecified atom stereocenters. The fourth-order valence-corrected chi connectivity index (χ4v) is 3.53. The largest absolute Gasteiger partial charge is 0.359 e.